The molecular weight excluding hydrogens is 711 g/mol. The summed E-state index contributed by atoms with van der Waals surface area (Å²) in [4.78, 5) is 65.0. The average molecular weight is 772 g/mol. The van der Waals surface area contributed by atoms with Gasteiger partial charge in [-0.1, -0.05) is 88.4 Å². The number of nitrogens with zero attached hydrogens (tertiary/aromatic N) is 2. The molecule has 1 aromatic carbocycles. The smallest absolute Gasteiger partial charge is 0.408 e. The number of carbonyl (C=O) groups excluding carboxylic acids is 4. The minimum absolute atomic E-state index is 0.0211. The molecule has 0 radical (unpaired) electrons. The molecule has 56 heavy (non-hydrogen) atoms. The number of rotatable bonds is 19. The number of carbonyl (C=O) groups is 4. The van der Waals surface area contributed by atoms with E-state index in [4.69, 9.17) is 4.74 Å². The van der Waals surface area contributed by atoms with E-state index in [2.05, 4.69) is 50.1 Å². The van der Waals surface area contributed by atoms with Crippen molar-refractivity contribution < 1.29 is 29.0 Å². The summed E-state index contributed by atoms with van der Waals surface area (Å²) < 4.78 is 5.48. The summed E-state index contributed by atoms with van der Waals surface area (Å²) in [6.07, 6.45) is 13.6. The summed E-state index contributed by atoms with van der Waals surface area (Å²) >= 11 is 0. The topological polar surface area (TPSA) is 187 Å². The van der Waals surface area contributed by atoms with Crippen molar-refractivity contribution in [3.63, 3.8) is 0 Å². The highest BCUT2D eigenvalue weighted by atomic mass is 16.6. The molecule has 13 nitrogen and oxygen atoms in total. The van der Waals surface area contributed by atoms with E-state index in [1.807, 2.05) is 36.4 Å². The largest absolute Gasteiger partial charge is 0.444 e. The SMILES string of the molecule is CC(C)[C@@H](CC=CC(=O)Nc1ccccn1)C[C@H](O)[C@H](CC1CCCCC1)NC(=O)[C@H](Cc1cnc[nH]1)NC(=O)[C@H](Cc1ccccc1)NC(=O)OC(C)(C)C. The molecule has 304 valence electrons. The van der Waals surface area contributed by atoms with Gasteiger partial charge < -0.3 is 36.1 Å². The third-order valence-electron chi connectivity index (χ3n) is 10.1. The van der Waals surface area contributed by atoms with Gasteiger partial charge in [0.05, 0.1) is 18.5 Å². The fourth-order valence-electron chi connectivity index (χ4n) is 7.05. The van der Waals surface area contributed by atoms with E-state index in [9.17, 15) is 24.3 Å². The average Bonchev–Trinajstić information content (AvgIpc) is 3.67. The monoisotopic (exact) mass is 771 g/mol. The number of amides is 4. The van der Waals surface area contributed by atoms with Crippen molar-refractivity contribution >= 4 is 29.6 Å². The maximum atomic E-state index is 14.3. The van der Waals surface area contributed by atoms with Crippen LogP contribution in [0.25, 0.3) is 0 Å². The number of H-pyrrole nitrogens is 1. The van der Waals surface area contributed by atoms with Crippen LogP contribution in [-0.2, 0) is 32.0 Å². The number of hydrogen-bond acceptors (Lipinski definition) is 8. The Bertz CT molecular complexity index is 1670. The summed E-state index contributed by atoms with van der Waals surface area (Å²) in [5, 5.41) is 23.4. The first kappa shape index (κ1) is 43.7. The molecule has 0 unspecified atom stereocenters. The number of aliphatic hydroxyl groups is 1. The minimum atomic E-state index is -1.05. The second-order valence-corrected chi connectivity index (χ2v) is 16.2. The first-order valence-corrected chi connectivity index (χ1v) is 19.9. The molecule has 4 amide bonds. The molecule has 0 spiro atoms. The third kappa shape index (κ3) is 15.6. The number of alkyl carbamates (subject to hydrolysis) is 1. The third-order valence-corrected chi connectivity index (χ3v) is 10.1. The van der Waals surface area contributed by atoms with E-state index in [1.54, 1.807) is 51.4 Å². The molecule has 6 N–H and O–H groups in total. The Balaban J connectivity index is 1.51. The number of benzene rings is 1. The summed E-state index contributed by atoms with van der Waals surface area (Å²) in [5.74, 6) is -0.277. The van der Waals surface area contributed by atoms with Crippen molar-refractivity contribution in [2.45, 2.75) is 129 Å². The van der Waals surface area contributed by atoms with Crippen LogP contribution in [0.4, 0.5) is 10.6 Å². The van der Waals surface area contributed by atoms with E-state index < -0.39 is 47.7 Å². The number of ether oxygens (including phenoxy) is 1. The van der Waals surface area contributed by atoms with Crippen LogP contribution in [0.1, 0.15) is 97.2 Å². The van der Waals surface area contributed by atoms with Gasteiger partial charge >= 0.3 is 6.09 Å². The number of imidazole rings is 1. The molecule has 1 fully saturated rings. The van der Waals surface area contributed by atoms with Crippen molar-refractivity contribution in [1.29, 1.82) is 0 Å². The molecule has 4 rings (SSSR count). The number of aromatic nitrogens is 3. The summed E-state index contributed by atoms with van der Waals surface area (Å²) in [5.41, 5.74) is 0.667. The summed E-state index contributed by atoms with van der Waals surface area (Å²) in [6.45, 7) is 9.39. The zero-order chi connectivity index (χ0) is 40.5. The van der Waals surface area contributed by atoms with Crippen LogP contribution in [0, 0.1) is 17.8 Å². The predicted molar refractivity (Wildman–Crippen MR) is 216 cm³/mol. The Morgan fingerprint density at radius 1 is 0.929 bits per heavy atom. The fraction of sp³-hybridized carbons (Fsp3) is 0.535. The Labute approximate surface area is 331 Å². The van der Waals surface area contributed by atoms with Crippen LogP contribution in [0.3, 0.4) is 0 Å². The molecule has 1 aliphatic carbocycles. The van der Waals surface area contributed by atoms with Gasteiger partial charge in [-0.25, -0.2) is 14.8 Å². The van der Waals surface area contributed by atoms with Crippen LogP contribution in [-0.4, -0.2) is 73.7 Å². The number of nitrogens with one attached hydrogen (secondary N) is 5. The maximum absolute atomic E-state index is 14.3. The minimum Gasteiger partial charge on any atom is -0.444 e. The standard InChI is InChI=1S/C43H61N7O6/c1-29(2)32(19-14-21-39(52)50-38-20-12-13-22-45-38)25-37(51)34(23-30-15-8-6-9-16-30)47-41(54)36(26-33-27-44-28-46-33)48-40(53)35(24-31-17-10-7-11-18-31)49-42(55)56-43(3,4)5/h7,10-14,17-18,20-22,27-30,32,34-37,51H,6,8-9,15-16,19,23-26H2,1-5H3,(H,44,46)(H,47,54)(H,48,53)(H,49,55)(H,45,50,52)/t32-,34-,35-,36-,37-/m0/s1. The Morgan fingerprint density at radius 2 is 1.62 bits per heavy atom. The van der Waals surface area contributed by atoms with E-state index in [0.717, 1.165) is 31.2 Å². The molecule has 3 aromatic rings. The number of aromatic amines is 1. The van der Waals surface area contributed by atoms with Gasteiger partial charge in [-0.15, -0.1) is 0 Å². The van der Waals surface area contributed by atoms with Crippen LogP contribution >= 0.6 is 0 Å². The quantitative estimate of drug-likeness (QED) is 0.0797. The molecule has 0 bridgehead atoms. The molecule has 0 aliphatic heterocycles. The Morgan fingerprint density at radius 3 is 2.27 bits per heavy atom. The van der Waals surface area contributed by atoms with Gasteiger partial charge in [0, 0.05) is 30.9 Å². The van der Waals surface area contributed by atoms with Gasteiger partial charge in [-0.3, -0.25) is 14.4 Å². The lowest BCUT2D eigenvalue weighted by atomic mass is 9.80. The van der Waals surface area contributed by atoms with Gasteiger partial charge in [0.1, 0.15) is 23.5 Å². The Kier molecular flexibility index (Phi) is 17.1. The molecule has 13 heteroatoms. The van der Waals surface area contributed by atoms with Crippen LogP contribution in [0.2, 0.25) is 0 Å². The predicted octanol–water partition coefficient (Wildman–Crippen LogP) is 6.03. The number of anilines is 1. The molecule has 2 aromatic heterocycles. The van der Waals surface area contributed by atoms with Crippen LogP contribution in [0.5, 0.6) is 0 Å². The first-order chi connectivity index (χ1) is 26.8. The van der Waals surface area contributed by atoms with Crippen molar-refractivity contribution in [2.24, 2.45) is 17.8 Å². The zero-order valence-corrected chi connectivity index (χ0v) is 33.5. The van der Waals surface area contributed by atoms with Gasteiger partial charge in [-0.2, -0.15) is 0 Å². The highest BCUT2D eigenvalue weighted by Gasteiger charge is 2.33. The first-order valence-electron chi connectivity index (χ1n) is 19.9. The fourth-order valence-corrected chi connectivity index (χ4v) is 7.05. The number of allylic oxidation sites excluding steroid dienone is 1. The summed E-state index contributed by atoms with van der Waals surface area (Å²) in [7, 11) is 0. The highest BCUT2D eigenvalue weighted by molar-refractivity contribution is 5.98. The lowest BCUT2D eigenvalue weighted by Gasteiger charge is -2.33. The second kappa shape index (κ2) is 21.9. The number of aliphatic hydroxyl groups excluding tert-OH is 1. The normalized spacial score (nSPS) is 16.3. The van der Waals surface area contributed by atoms with E-state index in [1.165, 1.54) is 18.8 Å². The maximum Gasteiger partial charge on any atom is 0.408 e. The van der Waals surface area contributed by atoms with E-state index in [0.29, 0.717) is 36.7 Å². The highest BCUT2D eigenvalue weighted by Crippen LogP contribution is 2.30. The van der Waals surface area contributed by atoms with Crippen LogP contribution < -0.4 is 21.3 Å². The zero-order valence-electron chi connectivity index (χ0n) is 33.5. The van der Waals surface area contributed by atoms with Crippen molar-refractivity contribution in [3.05, 3.63) is 90.7 Å². The molecular formula is C43H61N7O6. The van der Waals surface area contributed by atoms with Crippen molar-refractivity contribution in [3.8, 4) is 0 Å². The Hall–Kier alpha value is -5.04. The second-order valence-electron chi connectivity index (χ2n) is 16.2. The molecule has 5 atom stereocenters. The van der Waals surface area contributed by atoms with Gasteiger partial charge in [0.15, 0.2) is 0 Å². The molecule has 1 saturated carbocycles. The van der Waals surface area contributed by atoms with Gasteiger partial charge in [-0.05, 0) is 81.6 Å². The number of hydrogen-bond donors (Lipinski definition) is 6. The van der Waals surface area contributed by atoms with Crippen molar-refractivity contribution in [2.75, 3.05) is 5.32 Å². The van der Waals surface area contributed by atoms with Gasteiger partial charge in [0.25, 0.3) is 0 Å². The lowest BCUT2D eigenvalue weighted by Crippen LogP contribution is -2.57. The molecule has 0 saturated heterocycles. The lowest BCUT2D eigenvalue weighted by molar-refractivity contribution is -0.131. The van der Waals surface area contributed by atoms with Gasteiger partial charge in [0.2, 0.25) is 17.7 Å². The van der Waals surface area contributed by atoms with Crippen molar-refractivity contribution in [1.82, 2.24) is 30.9 Å². The van der Waals surface area contributed by atoms with E-state index in [-0.39, 0.29) is 30.6 Å². The molecule has 2 heterocycles. The molecule has 1 aliphatic rings. The number of pyridine rings is 1. The van der Waals surface area contributed by atoms with Crippen LogP contribution in [0.15, 0.2) is 79.4 Å². The van der Waals surface area contributed by atoms with E-state index >= 15 is 0 Å². The summed E-state index contributed by atoms with van der Waals surface area (Å²) in [6, 6.07) is 11.9.